The molecule has 0 amide bonds. The molecule has 80 valence electrons. The van der Waals surface area contributed by atoms with Crippen LogP contribution < -0.4 is 0 Å². The van der Waals surface area contributed by atoms with Crippen LogP contribution in [0.1, 0.15) is 5.56 Å². The highest BCUT2D eigenvalue weighted by atomic mass is 16.3. The number of aromatic nitrogens is 2. The average molecular weight is 212 g/mol. The molecule has 1 N–H and O–H groups in total. The molecule has 0 aliphatic heterocycles. The fourth-order valence-electron chi connectivity index (χ4n) is 1.45. The molecule has 0 atom stereocenters. The van der Waals surface area contributed by atoms with Crippen LogP contribution in [0.25, 0.3) is 11.3 Å². The lowest BCUT2D eigenvalue weighted by Crippen LogP contribution is -1.86. The van der Waals surface area contributed by atoms with Crippen LogP contribution in [0.2, 0.25) is 0 Å². The number of allylic oxidation sites excluding steroid dienone is 1. The van der Waals surface area contributed by atoms with Gasteiger partial charge in [-0.2, -0.15) is 0 Å². The third-order valence-electron chi connectivity index (χ3n) is 2.27. The fraction of sp³-hybridized carbons (Fsp3) is 0.0769. The van der Waals surface area contributed by atoms with E-state index >= 15 is 0 Å². The topological polar surface area (TPSA) is 46.0 Å². The van der Waals surface area contributed by atoms with E-state index in [9.17, 15) is 0 Å². The van der Waals surface area contributed by atoms with Gasteiger partial charge in [0.25, 0.3) is 0 Å². The van der Waals surface area contributed by atoms with Crippen LogP contribution in [0.15, 0.2) is 49.3 Å². The predicted molar refractivity (Wildman–Crippen MR) is 63.0 cm³/mol. The summed E-state index contributed by atoms with van der Waals surface area (Å²) >= 11 is 0. The predicted octanol–water partition coefficient (Wildman–Crippen LogP) is 2.58. The quantitative estimate of drug-likeness (QED) is 0.795. The first kappa shape index (κ1) is 10.4. The number of nitrogens with zero attached hydrogens (tertiary/aromatic N) is 2. The Bertz CT molecular complexity index is 474. The zero-order valence-corrected chi connectivity index (χ0v) is 8.80. The molecule has 2 aromatic rings. The third-order valence-corrected chi connectivity index (χ3v) is 2.27. The van der Waals surface area contributed by atoms with E-state index in [0.717, 1.165) is 17.7 Å². The number of aromatic hydroxyl groups is 1. The molecule has 3 nitrogen and oxygen atoms in total. The summed E-state index contributed by atoms with van der Waals surface area (Å²) in [6.07, 6.45) is 5.63. The molecule has 0 unspecified atom stereocenters. The number of benzene rings is 1. The summed E-state index contributed by atoms with van der Waals surface area (Å²) in [5, 5.41) is 9.03. The van der Waals surface area contributed by atoms with Crippen molar-refractivity contribution in [2.75, 3.05) is 0 Å². The third kappa shape index (κ3) is 2.25. The Morgan fingerprint density at radius 3 is 2.44 bits per heavy atom. The van der Waals surface area contributed by atoms with E-state index in [4.69, 9.17) is 5.11 Å². The van der Waals surface area contributed by atoms with Crippen LogP contribution >= 0.6 is 0 Å². The Balaban J connectivity index is 2.27. The van der Waals surface area contributed by atoms with Crippen LogP contribution in [0.3, 0.4) is 0 Å². The number of hydrogen-bond donors (Lipinski definition) is 1. The highest BCUT2D eigenvalue weighted by Crippen LogP contribution is 2.17. The van der Waals surface area contributed by atoms with Crippen molar-refractivity contribution in [3.8, 4) is 17.1 Å². The fourth-order valence-corrected chi connectivity index (χ4v) is 1.45. The van der Waals surface area contributed by atoms with E-state index in [1.807, 2.05) is 30.3 Å². The van der Waals surface area contributed by atoms with Gasteiger partial charge >= 0.3 is 0 Å². The first-order valence-electron chi connectivity index (χ1n) is 5.01. The van der Waals surface area contributed by atoms with Crippen molar-refractivity contribution in [3.63, 3.8) is 0 Å². The van der Waals surface area contributed by atoms with Gasteiger partial charge in [0.05, 0.1) is 18.1 Å². The van der Waals surface area contributed by atoms with E-state index in [1.165, 1.54) is 11.8 Å². The zero-order chi connectivity index (χ0) is 11.4. The largest absolute Gasteiger partial charge is 0.492 e. The standard InChI is InChI=1S/C13H12N2O/c1-2-3-10-4-6-11(7-5-10)12-8-15-13(16)9-14-12/h2,4-9H,1,3H2,(H,15,16). The van der Waals surface area contributed by atoms with Crippen molar-refractivity contribution in [2.24, 2.45) is 0 Å². The van der Waals surface area contributed by atoms with E-state index in [0.29, 0.717) is 0 Å². The number of hydrogen-bond acceptors (Lipinski definition) is 3. The van der Waals surface area contributed by atoms with Gasteiger partial charge in [-0.1, -0.05) is 30.3 Å². The smallest absolute Gasteiger partial charge is 0.229 e. The van der Waals surface area contributed by atoms with Crippen LogP contribution in [0, 0.1) is 0 Å². The Labute approximate surface area is 94.1 Å². The second-order valence-corrected chi connectivity index (χ2v) is 3.45. The molecule has 16 heavy (non-hydrogen) atoms. The molecule has 2 rings (SSSR count). The molecule has 3 heteroatoms. The van der Waals surface area contributed by atoms with Crippen LogP contribution in [-0.4, -0.2) is 15.1 Å². The summed E-state index contributed by atoms with van der Waals surface area (Å²) in [5.74, 6) is -0.0629. The molecular weight excluding hydrogens is 200 g/mol. The summed E-state index contributed by atoms with van der Waals surface area (Å²) in [6, 6.07) is 8.04. The lowest BCUT2D eigenvalue weighted by atomic mass is 10.1. The van der Waals surface area contributed by atoms with Gasteiger partial charge in [-0.05, 0) is 12.0 Å². The van der Waals surface area contributed by atoms with Gasteiger partial charge in [-0.15, -0.1) is 6.58 Å². The van der Waals surface area contributed by atoms with Crippen LogP contribution in [-0.2, 0) is 6.42 Å². The zero-order valence-electron chi connectivity index (χ0n) is 8.80. The Morgan fingerprint density at radius 1 is 1.12 bits per heavy atom. The van der Waals surface area contributed by atoms with E-state index in [2.05, 4.69) is 16.5 Å². The monoisotopic (exact) mass is 212 g/mol. The van der Waals surface area contributed by atoms with Gasteiger partial charge < -0.3 is 5.11 Å². The van der Waals surface area contributed by atoms with Crippen LogP contribution in [0.5, 0.6) is 5.88 Å². The van der Waals surface area contributed by atoms with Crippen LogP contribution in [0.4, 0.5) is 0 Å². The van der Waals surface area contributed by atoms with E-state index in [-0.39, 0.29) is 5.88 Å². The first-order valence-corrected chi connectivity index (χ1v) is 5.01. The molecule has 0 fully saturated rings. The maximum absolute atomic E-state index is 9.03. The minimum Gasteiger partial charge on any atom is -0.492 e. The normalized spacial score (nSPS) is 10.0. The molecule has 0 saturated heterocycles. The summed E-state index contributed by atoms with van der Waals surface area (Å²) in [4.78, 5) is 7.88. The molecule has 0 radical (unpaired) electrons. The average Bonchev–Trinajstić information content (AvgIpc) is 2.32. The van der Waals surface area contributed by atoms with Crippen molar-refractivity contribution >= 4 is 0 Å². The molecular formula is C13H12N2O. The number of rotatable bonds is 3. The lowest BCUT2D eigenvalue weighted by molar-refractivity contribution is 0.450. The minimum absolute atomic E-state index is 0.0629. The van der Waals surface area contributed by atoms with Gasteiger partial charge in [-0.25, -0.2) is 9.97 Å². The van der Waals surface area contributed by atoms with Crippen molar-refractivity contribution in [2.45, 2.75) is 6.42 Å². The second kappa shape index (κ2) is 4.57. The molecule has 0 bridgehead atoms. The minimum atomic E-state index is -0.0629. The SMILES string of the molecule is C=CCc1ccc(-c2cnc(O)cn2)cc1. The molecule has 0 aliphatic carbocycles. The molecule has 1 aromatic carbocycles. The summed E-state index contributed by atoms with van der Waals surface area (Å²) in [7, 11) is 0. The highest BCUT2D eigenvalue weighted by Gasteiger charge is 1.99. The summed E-state index contributed by atoms with van der Waals surface area (Å²) in [6.45, 7) is 3.70. The first-order chi connectivity index (χ1) is 7.79. The maximum Gasteiger partial charge on any atom is 0.229 e. The summed E-state index contributed by atoms with van der Waals surface area (Å²) in [5.41, 5.74) is 2.95. The van der Waals surface area contributed by atoms with Crippen molar-refractivity contribution < 1.29 is 5.11 Å². The molecule has 0 aliphatic rings. The molecule has 0 spiro atoms. The molecule has 0 saturated carbocycles. The van der Waals surface area contributed by atoms with Gasteiger partial charge in [0, 0.05) is 5.56 Å². The van der Waals surface area contributed by atoms with Gasteiger partial charge in [0.15, 0.2) is 0 Å². The van der Waals surface area contributed by atoms with Gasteiger partial charge in [-0.3, -0.25) is 0 Å². The summed E-state index contributed by atoms with van der Waals surface area (Å²) < 4.78 is 0. The van der Waals surface area contributed by atoms with E-state index < -0.39 is 0 Å². The Kier molecular flexibility index (Phi) is 2.96. The van der Waals surface area contributed by atoms with Crippen molar-refractivity contribution in [1.29, 1.82) is 0 Å². The Hall–Kier alpha value is -2.16. The van der Waals surface area contributed by atoms with Crippen molar-refractivity contribution in [1.82, 2.24) is 9.97 Å². The highest BCUT2D eigenvalue weighted by molar-refractivity contribution is 5.58. The molecule has 1 aromatic heterocycles. The van der Waals surface area contributed by atoms with Crippen molar-refractivity contribution in [3.05, 3.63) is 54.9 Å². The second-order valence-electron chi connectivity index (χ2n) is 3.45. The van der Waals surface area contributed by atoms with Gasteiger partial charge in [0.2, 0.25) is 5.88 Å². The lowest BCUT2D eigenvalue weighted by Gasteiger charge is -2.01. The molecule has 1 heterocycles. The van der Waals surface area contributed by atoms with E-state index in [1.54, 1.807) is 6.20 Å². The Morgan fingerprint density at radius 2 is 1.88 bits per heavy atom. The maximum atomic E-state index is 9.03. The van der Waals surface area contributed by atoms with Gasteiger partial charge in [0.1, 0.15) is 0 Å².